The van der Waals surface area contributed by atoms with E-state index in [0.717, 1.165) is 16.9 Å². The van der Waals surface area contributed by atoms with Crippen LogP contribution in [0.2, 0.25) is 0 Å². The molecule has 0 saturated heterocycles. The van der Waals surface area contributed by atoms with E-state index in [0.29, 0.717) is 13.0 Å². The third-order valence-electron chi connectivity index (χ3n) is 3.34. The monoisotopic (exact) mass is 327 g/mol. The SMILES string of the molecule is CC(C)(C)NC(=O)C(N)Cc1ccc(OCc2cccnc2)cc1. The van der Waals surface area contributed by atoms with Crippen molar-refractivity contribution < 1.29 is 9.53 Å². The molecule has 2 rings (SSSR count). The van der Waals surface area contributed by atoms with Gasteiger partial charge in [0.25, 0.3) is 0 Å². The minimum absolute atomic E-state index is 0.139. The van der Waals surface area contributed by atoms with Gasteiger partial charge >= 0.3 is 0 Å². The predicted octanol–water partition coefficient (Wildman–Crippen LogP) is 2.45. The van der Waals surface area contributed by atoms with E-state index in [2.05, 4.69) is 10.3 Å². The maximum Gasteiger partial charge on any atom is 0.237 e. The molecule has 0 fully saturated rings. The molecule has 0 saturated carbocycles. The highest BCUT2D eigenvalue weighted by Crippen LogP contribution is 2.15. The maximum atomic E-state index is 12.0. The van der Waals surface area contributed by atoms with Gasteiger partial charge in [-0.3, -0.25) is 9.78 Å². The second-order valence-electron chi connectivity index (χ2n) is 6.84. The van der Waals surface area contributed by atoms with E-state index in [1.165, 1.54) is 0 Å². The fourth-order valence-corrected chi connectivity index (χ4v) is 2.18. The summed E-state index contributed by atoms with van der Waals surface area (Å²) in [4.78, 5) is 16.1. The molecule has 1 unspecified atom stereocenters. The molecular weight excluding hydrogens is 302 g/mol. The van der Waals surface area contributed by atoms with Gasteiger partial charge in [0.15, 0.2) is 0 Å². The Hall–Kier alpha value is -2.40. The second kappa shape index (κ2) is 7.93. The van der Waals surface area contributed by atoms with Gasteiger partial charge in [0.1, 0.15) is 12.4 Å². The van der Waals surface area contributed by atoms with Gasteiger partial charge in [0, 0.05) is 23.5 Å². The van der Waals surface area contributed by atoms with Crippen LogP contribution in [0, 0.1) is 0 Å². The van der Waals surface area contributed by atoms with Crippen molar-refractivity contribution in [2.75, 3.05) is 0 Å². The molecule has 0 spiro atoms. The van der Waals surface area contributed by atoms with Crippen LogP contribution in [0.25, 0.3) is 0 Å². The van der Waals surface area contributed by atoms with Crippen LogP contribution in [0.15, 0.2) is 48.8 Å². The highest BCUT2D eigenvalue weighted by atomic mass is 16.5. The van der Waals surface area contributed by atoms with E-state index in [4.69, 9.17) is 10.5 Å². The van der Waals surface area contributed by atoms with Crippen molar-refractivity contribution in [3.8, 4) is 5.75 Å². The van der Waals surface area contributed by atoms with E-state index in [1.54, 1.807) is 12.4 Å². The summed E-state index contributed by atoms with van der Waals surface area (Å²) in [6, 6.07) is 10.9. The zero-order chi connectivity index (χ0) is 17.6. The number of benzene rings is 1. The Bertz CT molecular complexity index is 649. The lowest BCUT2D eigenvalue weighted by Crippen LogP contribution is -2.49. The number of carbonyl (C=O) groups excluding carboxylic acids is 1. The molecule has 1 heterocycles. The Balaban J connectivity index is 1.86. The summed E-state index contributed by atoms with van der Waals surface area (Å²) in [5.74, 6) is 0.634. The largest absolute Gasteiger partial charge is 0.489 e. The maximum absolute atomic E-state index is 12.0. The van der Waals surface area contributed by atoms with Gasteiger partial charge in [-0.2, -0.15) is 0 Å². The Kier molecular flexibility index (Phi) is 5.93. The fraction of sp³-hybridized carbons (Fsp3) is 0.368. The number of nitrogens with two attached hydrogens (primary N) is 1. The highest BCUT2D eigenvalue weighted by molar-refractivity contribution is 5.82. The summed E-state index contributed by atoms with van der Waals surface area (Å²) in [5.41, 5.74) is 7.72. The molecule has 1 atom stereocenters. The Morgan fingerprint density at radius 1 is 1.21 bits per heavy atom. The molecule has 1 aromatic carbocycles. The minimum atomic E-state index is -0.564. The molecule has 0 radical (unpaired) electrons. The van der Waals surface area contributed by atoms with Gasteiger partial charge in [-0.1, -0.05) is 18.2 Å². The average Bonchev–Trinajstić information content (AvgIpc) is 2.53. The van der Waals surface area contributed by atoms with Crippen LogP contribution in [0.1, 0.15) is 31.9 Å². The first-order chi connectivity index (χ1) is 11.3. The molecule has 1 amide bonds. The zero-order valence-electron chi connectivity index (χ0n) is 14.5. The normalized spacial score (nSPS) is 12.5. The summed E-state index contributed by atoms with van der Waals surface area (Å²) in [6.45, 7) is 6.28. The molecule has 0 aliphatic carbocycles. The van der Waals surface area contributed by atoms with Crippen LogP contribution in [-0.2, 0) is 17.8 Å². The van der Waals surface area contributed by atoms with Gasteiger partial charge in [-0.05, 0) is 51.0 Å². The molecule has 0 aliphatic rings. The topological polar surface area (TPSA) is 77.2 Å². The lowest BCUT2D eigenvalue weighted by Gasteiger charge is -2.23. The number of carbonyl (C=O) groups is 1. The van der Waals surface area contributed by atoms with Crippen molar-refractivity contribution in [3.63, 3.8) is 0 Å². The molecule has 3 N–H and O–H groups in total. The number of ether oxygens (including phenoxy) is 1. The van der Waals surface area contributed by atoms with Gasteiger partial charge < -0.3 is 15.8 Å². The number of pyridine rings is 1. The predicted molar refractivity (Wildman–Crippen MR) is 94.6 cm³/mol. The number of aromatic nitrogens is 1. The van der Waals surface area contributed by atoms with E-state index in [1.807, 2.05) is 57.2 Å². The molecule has 0 aliphatic heterocycles. The van der Waals surface area contributed by atoms with Crippen molar-refractivity contribution in [1.29, 1.82) is 0 Å². The summed E-state index contributed by atoms with van der Waals surface area (Å²) in [6.07, 6.45) is 4.00. The van der Waals surface area contributed by atoms with Gasteiger partial charge in [-0.25, -0.2) is 0 Å². The molecule has 0 bridgehead atoms. The smallest absolute Gasteiger partial charge is 0.237 e. The first-order valence-electron chi connectivity index (χ1n) is 8.02. The van der Waals surface area contributed by atoms with Gasteiger partial charge in [0.2, 0.25) is 5.91 Å². The van der Waals surface area contributed by atoms with Crippen LogP contribution in [0.4, 0.5) is 0 Å². The average molecular weight is 327 g/mol. The van der Waals surface area contributed by atoms with E-state index < -0.39 is 6.04 Å². The van der Waals surface area contributed by atoms with E-state index >= 15 is 0 Å². The third kappa shape index (κ3) is 6.01. The van der Waals surface area contributed by atoms with Crippen LogP contribution < -0.4 is 15.8 Å². The Morgan fingerprint density at radius 2 is 1.92 bits per heavy atom. The van der Waals surface area contributed by atoms with Crippen molar-refractivity contribution in [3.05, 3.63) is 59.9 Å². The van der Waals surface area contributed by atoms with Crippen LogP contribution >= 0.6 is 0 Å². The second-order valence-corrected chi connectivity index (χ2v) is 6.84. The number of nitrogens with one attached hydrogen (secondary N) is 1. The summed E-state index contributed by atoms with van der Waals surface area (Å²) < 4.78 is 5.71. The molecule has 128 valence electrons. The van der Waals surface area contributed by atoms with Crippen molar-refractivity contribution >= 4 is 5.91 Å². The van der Waals surface area contributed by atoms with Crippen molar-refractivity contribution in [1.82, 2.24) is 10.3 Å². The van der Waals surface area contributed by atoms with Crippen LogP contribution in [0.3, 0.4) is 0 Å². The number of amides is 1. The van der Waals surface area contributed by atoms with Gasteiger partial charge in [-0.15, -0.1) is 0 Å². The molecule has 5 heteroatoms. The van der Waals surface area contributed by atoms with Gasteiger partial charge in [0.05, 0.1) is 6.04 Å². The quantitative estimate of drug-likeness (QED) is 0.854. The van der Waals surface area contributed by atoms with Crippen LogP contribution in [-0.4, -0.2) is 22.5 Å². The number of hydrogen-bond donors (Lipinski definition) is 2. The van der Waals surface area contributed by atoms with Crippen LogP contribution in [0.5, 0.6) is 5.75 Å². The molecule has 5 nitrogen and oxygen atoms in total. The van der Waals surface area contributed by atoms with E-state index in [-0.39, 0.29) is 11.4 Å². The first kappa shape index (κ1) is 17.9. The molecule has 2 aromatic rings. The Morgan fingerprint density at radius 3 is 2.50 bits per heavy atom. The molecule has 24 heavy (non-hydrogen) atoms. The third-order valence-corrected chi connectivity index (χ3v) is 3.34. The standard InChI is InChI=1S/C19H25N3O2/c1-19(2,3)22-18(23)17(20)11-14-6-8-16(9-7-14)24-13-15-5-4-10-21-12-15/h4-10,12,17H,11,13,20H2,1-3H3,(H,22,23). The summed E-state index contributed by atoms with van der Waals surface area (Å²) in [5, 5.41) is 2.89. The zero-order valence-corrected chi connectivity index (χ0v) is 14.5. The first-order valence-corrected chi connectivity index (χ1v) is 8.02. The number of rotatable bonds is 6. The van der Waals surface area contributed by atoms with E-state index in [9.17, 15) is 4.79 Å². The summed E-state index contributed by atoms with van der Waals surface area (Å²) in [7, 11) is 0. The van der Waals surface area contributed by atoms with Crippen molar-refractivity contribution in [2.24, 2.45) is 5.73 Å². The lowest BCUT2D eigenvalue weighted by atomic mass is 10.0. The number of nitrogens with zero attached hydrogens (tertiary/aromatic N) is 1. The molecular formula is C19H25N3O2. The summed E-state index contributed by atoms with van der Waals surface area (Å²) >= 11 is 0. The van der Waals surface area contributed by atoms with Crippen molar-refractivity contribution in [2.45, 2.75) is 45.4 Å². The number of hydrogen-bond acceptors (Lipinski definition) is 4. The lowest BCUT2D eigenvalue weighted by molar-refractivity contribution is -0.123. The molecule has 1 aromatic heterocycles. The fourth-order valence-electron chi connectivity index (χ4n) is 2.18. The minimum Gasteiger partial charge on any atom is -0.489 e. The Labute approximate surface area is 143 Å². The highest BCUT2D eigenvalue weighted by Gasteiger charge is 2.19.